The third-order valence-corrected chi connectivity index (χ3v) is 2.33. The van der Waals surface area contributed by atoms with E-state index in [1.807, 2.05) is 23.8 Å². The molecule has 0 bridgehead atoms. The van der Waals surface area contributed by atoms with Gasteiger partial charge in [0.25, 0.3) is 0 Å². The van der Waals surface area contributed by atoms with E-state index in [0.29, 0.717) is 12.4 Å². The van der Waals surface area contributed by atoms with Crippen molar-refractivity contribution in [2.24, 2.45) is 0 Å². The molecule has 78 valence electrons. The summed E-state index contributed by atoms with van der Waals surface area (Å²) in [6, 6.07) is 1.96. The molecule has 0 aliphatic carbocycles. The Morgan fingerprint density at radius 1 is 1.47 bits per heavy atom. The highest BCUT2D eigenvalue weighted by atomic mass is 16.3. The third kappa shape index (κ3) is 2.02. The van der Waals surface area contributed by atoms with E-state index in [1.54, 1.807) is 12.5 Å². The van der Waals surface area contributed by atoms with Crippen molar-refractivity contribution >= 4 is 0 Å². The molecule has 0 spiro atoms. The van der Waals surface area contributed by atoms with E-state index < -0.39 is 0 Å². The van der Waals surface area contributed by atoms with Gasteiger partial charge in [-0.15, -0.1) is 10.2 Å². The zero-order valence-electron chi connectivity index (χ0n) is 8.46. The van der Waals surface area contributed by atoms with Crippen LogP contribution < -0.4 is 0 Å². The molecule has 1 N–H and O–H groups in total. The fourth-order valence-electron chi connectivity index (χ4n) is 1.38. The Kier molecular flexibility index (Phi) is 2.73. The van der Waals surface area contributed by atoms with Crippen LogP contribution in [-0.2, 0) is 13.2 Å². The minimum Gasteiger partial charge on any atom is -0.388 e. The number of hydrogen-bond acceptors (Lipinski definition) is 4. The molecule has 0 radical (unpaired) electrons. The fraction of sp³-hybridized carbons (Fsp3) is 0.300. The molecular formula is C10H12N4O. The van der Waals surface area contributed by atoms with Crippen molar-refractivity contribution in [3.63, 3.8) is 0 Å². The Hall–Kier alpha value is -1.75. The van der Waals surface area contributed by atoms with Gasteiger partial charge in [-0.2, -0.15) is 0 Å². The summed E-state index contributed by atoms with van der Waals surface area (Å²) in [7, 11) is 0. The second-order valence-corrected chi connectivity index (χ2v) is 3.34. The van der Waals surface area contributed by atoms with E-state index in [1.165, 1.54) is 5.56 Å². The second kappa shape index (κ2) is 4.18. The molecule has 0 atom stereocenters. The Labute approximate surface area is 87.4 Å². The maximum Gasteiger partial charge on any atom is 0.158 e. The Morgan fingerprint density at radius 3 is 3.07 bits per heavy atom. The highest BCUT2D eigenvalue weighted by Gasteiger charge is 2.04. The summed E-state index contributed by atoms with van der Waals surface area (Å²) in [5.74, 6) is 0.568. The van der Waals surface area contributed by atoms with Crippen LogP contribution in [0.25, 0.3) is 0 Å². The maximum absolute atomic E-state index is 9.02. The van der Waals surface area contributed by atoms with Crippen LogP contribution in [0.5, 0.6) is 0 Å². The number of pyridine rings is 1. The summed E-state index contributed by atoms with van der Waals surface area (Å²) in [5.41, 5.74) is 2.27. The summed E-state index contributed by atoms with van der Waals surface area (Å²) < 4.78 is 1.81. The van der Waals surface area contributed by atoms with Crippen molar-refractivity contribution in [1.82, 2.24) is 19.7 Å². The van der Waals surface area contributed by atoms with Gasteiger partial charge in [0.1, 0.15) is 12.9 Å². The van der Waals surface area contributed by atoms with Crippen molar-refractivity contribution < 1.29 is 5.11 Å². The highest BCUT2D eigenvalue weighted by Crippen LogP contribution is 2.08. The third-order valence-electron chi connectivity index (χ3n) is 2.33. The fourth-order valence-corrected chi connectivity index (χ4v) is 1.38. The molecule has 0 amide bonds. The first kappa shape index (κ1) is 9.79. The monoisotopic (exact) mass is 204 g/mol. The summed E-state index contributed by atoms with van der Waals surface area (Å²) in [6.45, 7) is 2.57. The Bertz CT molecular complexity index is 452. The second-order valence-electron chi connectivity index (χ2n) is 3.34. The number of aliphatic hydroxyl groups excluding tert-OH is 1. The van der Waals surface area contributed by atoms with Crippen molar-refractivity contribution in [1.29, 1.82) is 0 Å². The number of nitrogens with zero attached hydrogens (tertiary/aromatic N) is 4. The lowest BCUT2D eigenvalue weighted by atomic mass is 10.1. The normalized spacial score (nSPS) is 10.5. The van der Waals surface area contributed by atoms with Crippen LogP contribution in [0, 0.1) is 6.92 Å². The van der Waals surface area contributed by atoms with Crippen LogP contribution in [0.4, 0.5) is 0 Å². The molecule has 2 heterocycles. The van der Waals surface area contributed by atoms with E-state index >= 15 is 0 Å². The SMILES string of the molecule is Cc1ccncc1Cn1cnnc1CO. The first-order valence-corrected chi connectivity index (χ1v) is 4.68. The van der Waals surface area contributed by atoms with Gasteiger partial charge in [-0.25, -0.2) is 0 Å². The number of hydrogen-bond donors (Lipinski definition) is 1. The molecule has 0 aromatic carbocycles. The van der Waals surface area contributed by atoms with E-state index in [4.69, 9.17) is 5.11 Å². The lowest BCUT2D eigenvalue weighted by molar-refractivity contribution is 0.265. The van der Waals surface area contributed by atoms with E-state index in [2.05, 4.69) is 15.2 Å². The average Bonchev–Trinajstić information content (AvgIpc) is 2.69. The van der Waals surface area contributed by atoms with Gasteiger partial charge in [0.2, 0.25) is 0 Å². The van der Waals surface area contributed by atoms with Gasteiger partial charge in [0, 0.05) is 12.4 Å². The van der Waals surface area contributed by atoms with Gasteiger partial charge in [-0.3, -0.25) is 4.98 Å². The van der Waals surface area contributed by atoms with Crippen LogP contribution in [0.3, 0.4) is 0 Å². The van der Waals surface area contributed by atoms with Crippen LogP contribution in [0.1, 0.15) is 17.0 Å². The highest BCUT2D eigenvalue weighted by molar-refractivity contribution is 5.21. The van der Waals surface area contributed by atoms with Crippen LogP contribution >= 0.6 is 0 Å². The standard InChI is InChI=1S/C10H12N4O/c1-8-2-3-11-4-9(8)5-14-7-12-13-10(14)6-15/h2-4,7,15H,5-6H2,1H3. The smallest absolute Gasteiger partial charge is 0.158 e. The summed E-state index contributed by atoms with van der Waals surface area (Å²) >= 11 is 0. The zero-order chi connectivity index (χ0) is 10.7. The van der Waals surface area contributed by atoms with E-state index in [0.717, 1.165) is 5.56 Å². The van der Waals surface area contributed by atoms with E-state index in [9.17, 15) is 0 Å². The Balaban J connectivity index is 2.26. The molecule has 2 rings (SSSR count). The van der Waals surface area contributed by atoms with Crippen LogP contribution in [0.2, 0.25) is 0 Å². The first-order chi connectivity index (χ1) is 7.31. The maximum atomic E-state index is 9.02. The predicted molar refractivity (Wildman–Crippen MR) is 54.0 cm³/mol. The van der Waals surface area contributed by atoms with Gasteiger partial charge in [0.15, 0.2) is 5.82 Å². The quantitative estimate of drug-likeness (QED) is 0.791. The molecule has 0 saturated carbocycles. The summed E-state index contributed by atoms with van der Waals surface area (Å²) in [4.78, 5) is 4.06. The predicted octanol–water partition coefficient (Wildman–Crippen LogP) is 0.522. The Morgan fingerprint density at radius 2 is 2.33 bits per heavy atom. The van der Waals surface area contributed by atoms with Gasteiger partial charge in [0.05, 0.1) is 6.54 Å². The van der Waals surface area contributed by atoms with Gasteiger partial charge in [-0.05, 0) is 24.1 Å². The molecule has 0 unspecified atom stereocenters. The molecule has 0 aliphatic heterocycles. The number of aryl methyl sites for hydroxylation is 1. The molecule has 0 saturated heterocycles. The topological polar surface area (TPSA) is 63.8 Å². The van der Waals surface area contributed by atoms with Crippen molar-refractivity contribution in [2.75, 3.05) is 0 Å². The minimum atomic E-state index is -0.0979. The van der Waals surface area contributed by atoms with Crippen LogP contribution in [0.15, 0.2) is 24.8 Å². The molecule has 2 aromatic rings. The van der Waals surface area contributed by atoms with Crippen molar-refractivity contribution in [3.05, 3.63) is 41.7 Å². The molecule has 5 heteroatoms. The number of rotatable bonds is 3. The largest absolute Gasteiger partial charge is 0.388 e. The van der Waals surface area contributed by atoms with Gasteiger partial charge >= 0.3 is 0 Å². The molecule has 0 fully saturated rings. The first-order valence-electron chi connectivity index (χ1n) is 4.68. The van der Waals surface area contributed by atoms with E-state index in [-0.39, 0.29) is 6.61 Å². The molecule has 0 aliphatic rings. The minimum absolute atomic E-state index is 0.0979. The van der Waals surface area contributed by atoms with Crippen molar-refractivity contribution in [2.45, 2.75) is 20.1 Å². The average molecular weight is 204 g/mol. The van der Waals surface area contributed by atoms with Gasteiger partial charge in [-0.1, -0.05) is 0 Å². The number of aromatic nitrogens is 4. The molecular weight excluding hydrogens is 192 g/mol. The van der Waals surface area contributed by atoms with Crippen molar-refractivity contribution in [3.8, 4) is 0 Å². The van der Waals surface area contributed by atoms with Gasteiger partial charge < -0.3 is 9.67 Å². The molecule has 2 aromatic heterocycles. The molecule has 15 heavy (non-hydrogen) atoms. The summed E-state index contributed by atoms with van der Waals surface area (Å²) in [6.07, 6.45) is 5.19. The molecule has 5 nitrogen and oxygen atoms in total. The zero-order valence-corrected chi connectivity index (χ0v) is 8.46. The van der Waals surface area contributed by atoms with Crippen LogP contribution in [-0.4, -0.2) is 24.9 Å². The summed E-state index contributed by atoms with van der Waals surface area (Å²) in [5, 5.41) is 16.6. The lowest BCUT2D eigenvalue weighted by Gasteiger charge is -2.06. The number of aliphatic hydroxyl groups is 1. The lowest BCUT2D eigenvalue weighted by Crippen LogP contribution is -2.05.